The van der Waals surface area contributed by atoms with Crippen LogP contribution in [-0.4, -0.2) is 17.0 Å². The second-order valence-corrected chi connectivity index (χ2v) is 7.13. The molecule has 0 aliphatic rings. The molecular weight excluding hydrogens is 418 g/mol. The first-order chi connectivity index (χ1) is 13.5. The van der Waals surface area contributed by atoms with Crippen LogP contribution in [0.15, 0.2) is 83.3 Å². The number of hydrogen-bond acceptors (Lipinski definition) is 2. The minimum atomic E-state index is -1.51. The van der Waals surface area contributed by atoms with Crippen LogP contribution in [0.5, 0.6) is 0 Å². The highest BCUT2D eigenvalue weighted by molar-refractivity contribution is 9.10. The third kappa shape index (κ3) is 4.56. The van der Waals surface area contributed by atoms with Gasteiger partial charge in [-0.05, 0) is 59.0 Å². The molecule has 0 saturated carbocycles. The minimum Gasteiger partial charge on any atom is -0.474 e. The number of rotatable bonds is 4. The quantitative estimate of drug-likeness (QED) is 0.422. The molecule has 28 heavy (non-hydrogen) atoms. The fourth-order valence-electron chi connectivity index (χ4n) is 2.98. The van der Waals surface area contributed by atoms with Crippen LogP contribution < -0.4 is 5.32 Å². The molecule has 0 heterocycles. The van der Waals surface area contributed by atoms with Crippen LogP contribution in [0.4, 0.5) is 5.69 Å². The number of hydrogen-bond donors (Lipinski definition) is 2. The summed E-state index contributed by atoms with van der Waals surface area (Å²) >= 11 is 3.53. The third-order valence-corrected chi connectivity index (χ3v) is 4.81. The topological polar surface area (TPSA) is 66.4 Å². The van der Waals surface area contributed by atoms with Crippen LogP contribution in [0.1, 0.15) is 23.6 Å². The second-order valence-electron chi connectivity index (χ2n) is 6.21. The summed E-state index contributed by atoms with van der Waals surface area (Å²) in [5.74, 6) is -2.57. The molecule has 0 bridgehead atoms. The zero-order valence-electron chi connectivity index (χ0n) is 15.1. The van der Waals surface area contributed by atoms with Crippen LogP contribution in [0.3, 0.4) is 0 Å². The predicted octanol–water partition coefficient (Wildman–Crippen LogP) is 5.45. The summed E-state index contributed by atoms with van der Waals surface area (Å²) in [4.78, 5) is 22.1. The second kappa shape index (κ2) is 8.67. The summed E-state index contributed by atoms with van der Waals surface area (Å²) in [5.41, 5.74) is 5.74. The molecule has 0 saturated heterocycles. The van der Waals surface area contributed by atoms with Gasteiger partial charge in [-0.25, -0.2) is 4.79 Å². The molecule has 2 N–H and O–H groups in total. The molecule has 3 rings (SSSR count). The Balaban J connectivity index is 2.07. The van der Waals surface area contributed by atoms with Crippen molar-refractivity contribution in [3.8, 4) is 0 Å². The number of benzene rings is 3. The van der Waals surface area contributed by atoms with Crippen molar-refractivity contribution in [2.24, 2.45) is 0 Å². The molecule has 0 radical (unpaired) electrons. The van der Waals surface area contributed by atoms with E-state index in [1.807, 2.05) is 42.5 Å². The Morgan fingerprint density at radius 1 is 0.821 bits per heavy atom. The number of allylic oxidation sites excluding steroid dienone is 1. The van der Waals surface area contributed by atoms with Crippen molar-refractivity contribution in [2.75, 3.05) is 5.32 Å². The van der Waals surface area contributed by atoms with E-state index in [4.69, 9.17) is 5.11 Å². The minimum absolute atomic E-state index is 0.434. The monoisotopic (exact) mass is 435 g/mol. The van der Waals surface area contributed by atoms with Crippen LogP contribution >= 0.6 is 15.9 Å². The summed E-state index contributed by atoms with van der Waals surface area (Å²) in [6.07, 6.45) is 0. The van der Waals surface area contributed by atoms with Crippen molar-refractivity contribution >= 4 is 44.6 Å². The number of nitrogens with one attached hydrogen (secondary N) is 1. The number of carboxylic acid groups (broad SMARTS) is 1. The molecule has 3 aromatic carbocycles. The molecule has 0 spiro atoms. The maximum Gasteiger partial charge on any atom is 0.394 e. The summed E-state index contributed by atoms with van der Waals surface area (Å²) in [6, 6.07) is 25.3. The van der Waals surface area contributed by atoms with Crippen molar-refractivity contribution < 1.29 is 14.7 Å². The fraction of sp³-hybridized carbons (Fsp3) is 0.0435. The molecule has 0 aliphatic heterocycles. The Bertz CT molecular complexity index is 1040. The average molecular weight is 436 g/mol. The van der Waals surface area contributed by atoms with Gasteiger partial charge >= 0.3 is 11.9 Å². The molecule has 5 heteroatoms. The van der Waals surface area contributed by atoms with Crippen molar-refractivity contribution in [1.29, 1.82) is 0 Å². The van der Waals surface area contributed by atoms with Gasteiger partial charge in [0, 0.05) is 10.2 Å². The molecule has 0 aliphatic carbocycles. The molecule has 4 nitrogen and oxygen atoms in total. The molecular formula is C23H18BrNO3. The van der Waals surface area contributed by atoms with Crippen molar-refractivity contribution in [2.45, 2.75) is 6.92 Å². The summed E-state index contributed by atoms with van der Waals surface area (Å²) < 4.78 is 1.00. The molecule has 140 valence electrons. The Labute approximate surface area is 171 Å². The lowest BCUT2D eigenvalue weighted by Crippen LogP contribution is -2.21. The Morgan fingerprint density at radius 3 is 2.04 bits per heavy atom. The van der Waals surface area contributed by atoms with Crippen molar-refractivity contribution in [1.82, 2.24) is 0 Å². The number of carbonyl (C=O) groups is 2. The molecule has 0 aromatic heterocycles. The standard InChI is InChI=1S/C23H18BrNO3/c1-15(18-8-5-9-19(24)14-18)21(16-6-3-2-4-7-16)17-10-12-20(13-11-17)25-22(26)23(27)28/h2-14H,1H3,(H,25,26)(H,27,28)/b21-15-. The lowest BCUT2D eigenvalue weighted by Gasteiger charge is -2.15. The van der Waals surface area contributed by atoms with Gasteiger partial charge in [-0.2, -0.15) is 0 Å². The Kier molecular flexibility index (Phi) is 6.06. The van der Waals surface area contributed by atoms with Crippen molar-refractivity contribution in [3.05, 3.63) is 100 Å². The van der Waals surface area contributed by atoms with Gasteiger partial charge < -0.3 is 10.4 Å². The molecule has 1 amide bonds. The van der Waals surface area contributed by atoms with E-state index >= 15 is 0 Å². The zero-order valence-corrected chi connectivity index (χ0v) is 16.7. The summed E-state index contributed by atoms with van der Waals surface area (Å²) in [6.45, 7) is 2.07. The first-order valence-electron chi connectivity index (χ1n) is 8.62. The highest BCUT2D eigenvalue weighted by atomic mass is 79.9. The van der Waals surface area contributed by atoms with Gasteiger partial charge in [0.15, 0.2) is 0 Å². The first kappa shape index (κ1) is 19.6. The SMILES string of the molecule is C/C(=C(\c1ccccc1)c1ccc(NC(=O)C(=O)O)cc1)c1cccc(Br)c1. The van der Waals surface area contributed by atoms with E-state index in [0.717, 1.165) is 32.3 Å². The van der Waals surface area contributed by atoms with Gasteiger partial charge in [0.05, 0.1) is 0 Å². The number of carbonyl (C=O) groups excluding carboxylic acids is 1. The van der Waals surface area contributed by atoms with E-state index in [9.17, 15) is 9.59 Å². The summed E-state index contributed by atoms with van der Waals surface area (Å²) in [5, 5.41) is 11.1. The number of aliphatic carboxylic acids is 1. The lowest BCUT2D eigenvalue weighted by atomic mass is 9.90. The van der Waals surface area contributed by atoms with E-state index < -0.39 is 11.9 Å². The molecule has 0 fully saturated rings. The Hall–Kier alpha value is -3.18. The van der Waals surface area contributed by atoms with Gasteiger partial charge in [0.1, 0.15) is 0 Å². The van der Waals surface area contributed by atoms with Gasteiger partial charge in [0.2, 0.25) is 0 Å². The smallest absolute Gasteiger partial charge is 0.394 e. The van der Waals surface area contributed by atoms with Crippen LogP contribution in [0, 0.1) is 0 Å². The maximum atomic E-state index is 11.4. The van der Waals surface area contributed by atoms with E-state index in [2.05, 4.69) is 52.4 Å². The predicted molar refractivity (Wildman–Crippen MR) is 115 cm³/mol. The van der Waals surface area contributed by atoms with E-state index in [0.29, 0.717) is 5.69 Å². The number of anilines is 1. The molecule has 0 atom stereocenters. The van der Waals surface area contributed by atoms with E-state index in [1.165, 1.54) is 0 Å². The Morgan fingerprint density at radius 2 is 1.43 bits per heavy atom. The van der Waals surface area contributed by atoms with Crippen LogP contribution in [0.2, 0.25) is 0 Å². The average Bonchev–Trinajstić information content (AvgIpc) is 2.70. The highest BCUT2D eigenvalue weighted by Crippen LogP contribution is 2.33. The number of amides is 1. The number of carboxylic acids is 1. The van der Waals surface area contributed by atoms with Crippen LogP contribution in [0.25, 0.3) is 11.1 Å². The van der Waals surface area contributed by atoms with Gasteiger partial charge in [-0.15, -0.1) is 0 Å². The van der Waals surface area contributed by atoms with E-state index in [1.54, 1.807) is 12.1 Å². The van der Waals surface area contributed by atoms with E-state index in [-0.39, 0.29) is 0 Å². The maximum absolute atomic E-state index is 11.4. The molecule has 0 unspecified atom stereocenters. The van der Waals surface area contributed by atoms with Gasteiger partial charge in [0.25, 0.3) is 0 Å². The zero-order chi connectivity index (χ0) is 20.1. The molecule has 3 aromatic rings. The van der Waals surface area contributed by atoms with Gasteiger partial charge in [-0.3, -0.25) is 4.79 Å². The fourth-order valence-corrected chi connectivity index (χ4v) is 3.37. The van der Waals surface area contributed by atoms with Gasteiger partial charge in [-0.1, -0.05) is 70.5 Å². The van der Waals surface area contributed by atoms with Crippen molar-refractivity contribution in [3.63, 3.8) is 0 Å². The lowest BCUT2D eigenvalue weighted by molar-refractivity contribution is -0.147. The number of halogens is 1. The first-order valence-corrected chi connectivity index (χ1v) is 9.42. The third-order valence-electron chi connectivity index (χ3n) is 4.32. The van der Waals surface area contributed by atoms with Crippen LogP contribution in [-0.2, 0) is 9.59 Å². The summed E-state index contributed by atoms with van der Waals surface area (Å²) in [7, 11) is 0. The highest BCUT2D eigenvalue weighted by Gasteiger charge is 2.13. The normalized spacial score (nSPS) is 11.5. The largest absolute Gasteiger partial charge is 0.474 e.